The quantitative estimate of drug-likeness (QED) is 0.140. The Morgan fingerprint density at radius 2 is 0.581 bits per heavy atom. The average Bonchev–Trinajstić information content (AvgIpc) is 1.62. The van der Waals surface area contributed by atoms with E-state index in [0.717, 1.165) is 32.9 Å². The molecule has 20 aromatic rings. The van der Waals surface area contributed by atoms with Crippen LogP contribution >= 0.6 is 15.9 Å². The number of nitrogens with one attached hydrogen (secondary N) is 1. The first-order valence-electron chi connectivity index (χ1n) is 39.7. The third-order valence-corrected chi connectivity index (χ3v) is 24.4. The summed E-state index contributed by atoms with van der Waals surface area (Å²) in [5.74, 6) is 0. The number of hydrogen-bond acceptors (Lipinski definition) is 2. The monoisotopic (exact) mass is 1570 g/mol. The number of nitrogens with zero attached hydrogens (tertiary/aromatic N) is 3. The molecule has 117 heavy (non-hydrogen) atoms. The van der Waals surface area contributed by atoms with E-state index < -0.39 is 0 Å². The summed E-state index contributed by atoms with van der Waals surface area (Å²) in [7, 11) is 0. The highest BCUT2D eigenvalue weighted by Gasteiger charge is 2.37. The molecule has 0 amide bonds. The van der Waals surface area contributed by atoms with E-state index in [4.69, 9.17) is 0 Å². The lowest BCUT2D eigenvalue weighted by Crippen LogP contribution is -2.16. The first-order chi connectivity index (χ1) is 56.5. The zero-order valence-corrected chi connectivity index (χ0v) is 66.1. The Labute approximate surface area is 694 Å². The third kappa shape index (κ3) is 13.2. The van der Waals surface area contributed by atoms with E-state index in [-0.39, 0.29) is 25.7 Å². The van der Waals surface area contributed by atoms with E-state index in [1.165, 1.54) is 166 Å². The van der Waals surface area contributed by atoms with Gasteiger partial charge in [-0.1, -0.05) is 362 Å². The number of anilines is 5. The van der Waals surface area contributed by atoms with E-state index >= 15 is 0 Å². The molecule has 22 rings (SSSR count). The lowest BCUT2D eigenvalue weighted by atomic mass is 9.82. The standard InChI is InChI=1S/C55H40N2.C40H28N2.C15H13Br.2CH4/c1-55(2)49-21-11-8-19-46(49)47-34-33-43(36-50(47)55)56(41-29-24-38(25-30-41)37-14-4-3-5-15-37)42-31-26-40(27-32-42)44-17-9-12-22-51(44)57-52-23-13-10-20-48(52)54-45-18-7-6-16-39(45)28-35-53(54)57;1-2-10-28(11-3-1)29-18-23-32(24-19-29)41-33-25-20-31(21-26-33)34-13-6-8-16-37(34)42-38-17-9-7-15-36(38)40-35-14-5-4-12-30(35)22-27-39(40)42;1-15(2)13-6-4-3-5-11(13)12-8-7-10(16)9-14(12)15;;/h3-36H,1-2H3;1-27,41H;3-9H,1-2H3;2*1H4. The SMILES string of the molecule is C.C.CC1(C)c2ccccc2-c2ccc(Br)cc21.CC1(C)c2ccccc2-c2ccc(N(c3ccc(-c4ccccc4)cc3)c3ccc(-c4ccccc4-n4c5ccccc5c5c6ccccc6ccc54)cc3)cc21.c1ccc(-c2ccc(Nc3ccc(-c4ccccc4-n4c5ccccc5c5c6ccccc6ccc54)cc3)cc2)cc1. The predicted octanol–water partition coefficient (Wildman–Crippen LogP) is 32.1. The molecule has 0 radical (unpaired) electrons. The van der Waals surface area contributed by atoms with Crippen LogP contribution in [0.1, 0.15) is 64.8 Å². The Balaban J connectivity index is 0.000000137. The van der Waals surface area contributed by atoms with Crippen molar-refractivity contribution in [2.75, 3.05) is 10.2 Å². The fourth-order valence-corrected chi connectivity index (χ4v) is 18.6. The lowest BCUT2D eigenvalue weighted by molar-refractivity contribution is 0.660. The van der Waals surface area contributed by atoms with E-state index in [0.29, 0.717) is 0 Å². The molecule has 1 N–H and O–H groups in total. The maximum absolute atomic E-state index is 3.56. The molecule has 18 aromatic carbocycles. The van der Waals surface area contributed by atoms with Crippen LogP contribution in [-0.4, -0.2) is 9.13 Å². The van der Waals surface area contributed by atoms with Crippen LogP contribution < -0.4 is 10.2 Å². The summed E-state index contributed by atoms with van der Waals surface area (Å²) in [5, 5.41) is 13.8. The van der Waals surface area contributed by atoms with E-state index in [1.807, 2.05) is 6.07 Å². The number of fused-ring (bicyclic) bond motifs is 16. The van der Waals surface area contributed by atoms with E-state index in [9.17, 15) is 0 Å². The minimum atomic E-state index is -0.0998. The van der Waals surface area contributed by atoms with Gasteiger partial charge < -0.3 is 19.4 Å². The van der Waals surface area contributed by atoms with Crippen molar-refractivity contribution in [2.24, 2.45) is 0 Å². The molecule has 0 spiro atoms. The van der Waals surface area contributed by atoms with Crippen LogP contribution in [0.2, 0.25) is 0 Å². The number of hydrogen-bond donors (Lipinski definition) is 1. The van der Waals surface area contributed by atoms with Crippen molar-refractivity contribution in [3.8, 4) is 78.1 Å². The molecule has 0 bridgehead atoms. The van der Waals surface area contributed by atoms with Gasteiger partial charge in [0.2, 0.25) is 0 Å². The maximum Gasteiger partial charge on any atom is 0.0547 e. The first kappa shape index (κ1) is 74.6. The largest absolute Gasteiger partial charge is 0.356 e. The van der Waals surface area contributed by atoms with Crippen LogP contribution in [0, 0.1) is 0 Å². The third-order valence-electron chi connectivity index (χ3n) is 23.9. The second kappa shape index (κ2) is 30.8. The second-order valence-corrected chi connectivity index (χ2v) is 32.2. The van der Waals surface area contributed by atoms with Gasteiger partial charge in [0.25, 0.3) is 0 Å². The summed E-state index contributed by atoms with van der Waals surface area (Å²) in [6, 6.07) is 149. The van der Waals surface area contributed by atoms with Gasteiger partial charge in [0.05, 0.1) is 33.4 Å². The minimum Gasteiger partial charge on any atom is -0.356 e. The average molecular weight is 1570 g/mol. The molecule has 4 nitrogen and oxygen atoms in total. The molecule has 2 heterocycles. The van der Waals surface area contributed by atoms with Crippen LogP contribution in [0.15, 0.2) is 417 Å². The van der Waals surface area contributed by atoms with Crippen LogP contribution in [0.25, 0.3) is 143 Å². The van der Waals surface area contributed by atoms with Gasteiger partial charge in [-0.05, 0) is 209 Å². The van der Waals surface area contributed by atoms with Crippen molar-refractivity contribution in [3.63, 3.8) is 0 Å². The highest BCUT2D eigenvalue weighted by Crippen LogP contribution is 2.53. The molecule has 0 unspecified atom stereocenters. The molecule has 2 aliphatic carbocycles. The van der Waals surface area contributed by atoms with Gasteiger partial charge in [-0.25, -0.2) is 0 Å². The molecule has 564 valence electrons. The van der Waals surface area contributed by atoms with Gasteiger partial charge in [-0.2, -0.15) is 0 Å². The van der Waals surface area contributed by atoms with Crippen molar-refractivity contribution in [2.45, 2.75) is 53.4 Å². The molecule has 0 atom stereocenters. The van der Waals surface area contributed by atoms with Crippen LogP contribution in [0.3, 0.4) is 0 Å². The van der Waals surface area contributed by atoms with Crippen LogP contribution in [0.4, 0.5) is 28.4 Å². The highest BCUT2D eigenvalue weighted by atomic mass is 79.9. The summed E-state index contributed by atoms with van der Waals surface area (Å²) in [6.45, 7) is 9.30. The fourth-order valence-electron chi connectivity index (χ4n) is 18.3. The van der Waals surface area contributed by atoms with Crippen molar-refractivity contribution < 1.29 is 0 Å². The Kier molecular flexibility index (Phi) is 19.6. The van der Waals surface area contributed by atoms with Gasteiger partial charge in [-0.3, -0.25) is 0 Å². The van der Waals surface area contributed by atoms with Gasteiger partial charge >= 0.3 is 0 Å². The summed E-state index contributed by atoms with van der Waals surface area (Å²) in [6.07, 6.45) is 0. The molecule has 0 saturated heterocycles. The Bertz CT molecular complexity index is 7090. The number of aromatic nitrogens is 2. The minimum absolute atomic E-state index is 0. The number of para-hydroxylation sites is 4. The van der Waals surface area contributed by atoms with Gasteiger partial charge in [0, 0.05) is 76.4 Å². The van der Waals surface area contributed by atoms with Crippen LogP contribution in [-0.2, 0) is 10.8 Å². The smallest absolute Gasteiger partial charge is 0.0547 e. The summed E-state index contributed by atoms with van der Waals surface area (Å²) in [4.78, 5) is 2.40. The van der Waals surface area contributed by atoms with Crippen LogP contribution in [0.5, 0.6) is 0 Å². The topological polar surface area (TPSA) is 25.1 Å². The van der Waals surface area contributed by atoms with Crippen molar-refractivity contribution in [3.05, 3.63) is 439 Å². The van der Waals surface area contributed by atoms with Crippen molar-refractivity contribution in [1.29, 1.82) is 0 Å². The Morgan fingerprint density at radius 3 is 1.05 bits per heavy atom. The Morgan fingerprint density at radius 1 is 0.248 bits per heavy atom. The van der Waals surface area contributed by atoms with E-state index in [2.05, 4.69) is 469 Å². The second-order valence-electron chi connectivity index (χ2n) is 31.3. The predicted molar refractivity (Wildman–Crippen MR) is 505 cm³/mol. The van der Waals surface area contributed by atoms with E-state index in [1.54, 1.807) is 0 Å². The lowest BCUT2D eigenvalue weighted by Gasteiger charge is -2.28. The summed E-state index contributed by atoms with van der Waals surface area (Å²) < 4.78 is 6.03. The number of benzene rings is 18. The molecule has 2 aliphatic rings. The van der Waals surface area contributed by atoms with Gasteiger partial charge in [-0.15, -0.1) is 0 Å². The van der Waals surface area contributed by atoms with Crippen molar-refractivity contribution in [1.82, 2.24) is 9.13 Å². The highest BCUT2D eigenvalue weighted by molar-refractivity contribution is 9.10. The van der Waals surface area contributed by atoms with Gasteiger partial charge in [0.15, 0.2) is 0 Å². The van der Waals surface area contributed by atoms with Crippen molar-refractivity contribution >= 4 is 110 Å². The molecule has 0 fully saturated rings. The molecular weight excluding hydrogens is 1480 g/mol. The normalized spacial score (nSPS) is 12.5. The summed E-state index contributed by atoms with van der Waals surface area (Å²) >= 11 is 3.56. The molecule has 0 aliphatic heterocycles. The van der Waals surface area contributed by atoms with Gasteiger partial charge in [0.1, 0.15) is 0 Å². The maximum atomic E-state index is 3.56. The molecule has 2 aromatic heterocycles. The molecular formula is C112H89BrN4. The zero-order valence-electron chi connectivity index (χ0n) is 64.5. The zero-order chi connectivity index (χ0) is 77.3. The number of halogens is 1. The fraction of sp³-hybridized carbons (Fsp3) is 0.0714. The molecule has 0 saturated carbocycles. The molecule has 5 heteroatoms. The first-order valence-corrected chi connectivity index (χ1v) is 40.5. The number of rotatable bonds is 11. The summed E-state index contributed by atoms with van der Waals surface area (Å²) in [5.41, 5.74) is 33.4. The Hall–Kier alpha value is -13.8.